The number of carbonyl (C=O) groups is 2. The van der Waals surface area contributed by atoms with Crippen LogP contribution in [0.5, 0.6) is 11.5 Å². The predicted molar refractivity (Wildman–Crippen MR) is 107 cm³/mol. The topological polar surface area (TPSA) is 76.1 Å². The molecule has 2 amide bonds. The number of ether oxygens (including phenoxy) is 2. The van der Waals surface area contributed by atoms with Crippen LogP contribution in [0.3, 0.4) is 0 Å². The fourth-order valence-corrected chi connectivity index (χ4v) is 3.50. The van der Waals surface area contributed by atoms with E-state index >= 15 is 0 Å². The molecule has 0 aliphatic carbocycles. The van der Waals surface area contributed by atoms with Gasteiger partial charge in [0, 0.05) is 10.9 Å². The number of nitrogens with zero attached hydrogens (tertiary/aromatic N) is 1. The molecule has 6 nitrogen and oxygen atoms in total. The average Bonchev–Trinajstić information content (AvgIpc) is 2.91. The zero-order valence-electron chi connectivity index (χ0n) is 15.7. The van der Waals surface area contributed by atoms with Crippen molar-refractivity contribution in [3.63, 3.8) is 0 Å². The van der Waals surface area contributed by atoms with E-state index in [0.717, 1.165) is 14.9 Å². The number of aliphatic hydroxyl groups is 1. The Hall–Kier alpha value is -2.38. The Labute approximate surface area is 172 Å². The third-order valence-corrected chi connectivity index (χ3v) is 5.43. The monoisotopic (exact) mass is 447 g/mol. The van der Waals surface area contributed by atoms with Crippen molar-refractivity contribution in [1.29, 1.82) is 0 Å². The molecule has 0 spiro atoms. The first kappa shape index (κ1) is 20.4. The zero-order chi connectivity index (χ0) is 20.3. The number of rotatable bonds is 7. The number of benzene rings is 2. The highest BCUT2D eigenvalue weighted by molar-refractivity contribution is 9.10. The second kappa shape index (κ2) is 8.32. The fourth-order valence-electron chi connectivity index (χ4n) is 3.24. The number of imide groups is 1. The first-order chi connectivity index (χ1) is 13.3. The molecule has 0 bridgehead atoms. The third kappa shape index (κ3) is 4.20. The quantitative estimate of drug-likeness (QED) is 0.660. The second-order valence-corrected chi connectivity index (χ2v) is 7.88. The molecule has 1 heterocycles. The summed E-state index contributed by atoms with van der Waals surface area (Å²) < 4.78 is 11.5. The number of halogens is 1. The number of amides is 2. The van der Waals surface area contributed by atoms with Crippen molar-refractivity contribution < 1.29 is 24.2 Å². The van der Waals surface area contributed by atoms with E-state index in [2.05, 4.69) is 15.9 Å². The van der Waals surface area contributed by atoms with E-state index in [4.69, 9.17) is 9.47 Å². The number of carbonyl (C=O) groups excluding carboxylic acids is 2. The first-order valence-corrected chi connectivity index (χ1v) is 9.68. The lowest BCUT2D eigenvalue weighted by Crippen LogP contribution is -2.42. The molecule has 1 aliphatic heterocycles. The summed E-state index contributed by atoms with van der Waals surface area (Å²) in [6.07, 6.45) is -0.901. The lowest BCUT2D eigenvalue weighted by molar-refractivity contribution is -0.141. The van der Waals surface area contributed by atoms with E-state index in [1.54, 1.807) is 38.3 Å². The molecule has 1 fully saturated rings. The van der Waals surface area contributed by atoms with Crippen molar-refractivity contribution in [1.82, 2.24) is 4.90 Å². The Kier molecular flexibility index (Phi) is 6.05. The second-order valence-electron chi connectivity index (χ2n) is 6.97. The molecule has 1 saturated heterocycles. The lowest BCUT2D eigenvalue weighted by Gasteiger charge is -2.24. The van der Waals surface area contributed by atoms with E-state index in [1.165, 1.54) is 0 Å². The van der Waals surface area contributed by atoms with Crippen LogP contribution in [-0.4, -0.2) is 48.2 Å². The van der Waals surface area contributed by atoms with Crippen LogP contribution < -0.4 is 9.47 Å². The molecule has 0 aromatic heterocycles. The maximum absolute atomic E-state index is 12.9. The molecule has 2 aromatic rings. The Morgan fingerprint density at radius 3 is 2.32 bits per heavy atom. The molecule has 2 atom stereocenters. The van der Waals surface area contributed by atoms with Crippen LogP contribution in [0.4, 0.5) is 0 Å². The van der Waals surface area contributed by atoms with Crippen molar-refractivity contribution in [2.75, 3.05) is 20.3 Å². The summed E-state index contributed by atoms with van der Waals surface area (Å²) in [6, 6.07) is 14.3. The van der Waals surface area contributed by atoms with Crippen molar-refractivity contribution in [3.05, 3.63) is 58.6 Å². The Morgan fingerprint density at radius 1 is 1.11 bits per heavy atom. The molecular formula is C21H22BrNO5. The fraction of sp³-hybridized carbons (Fsp3) is 0.333. The van der Waals surface area contributed by atoms with Gasteiger partial charge in [-0.15, -0.1) is 0 Å². The normalized spacial score (nSPS) is 20.4. The Morgan fingerprint density at radius 2 is 1.71 bits per heavy atom. The van der Waals surface area contributed by atoms with Crippen molar-refractivity contribution in [2.24, 2.45) is 0 Å². The highest BCUT2D eigenvalue weighted by atomic mass is 79.9. The summed E-state index contributed by atoms with van der Waals surface area (Å²) >= 11 is 3.37. The first-order valence-electron chi connectivity index (χ1n) is 8.89. The van der Waals surface area contributed by atoms with Gasteiger partial charge in [0.25, 0.3) is 0 Å². The van der Waals surface area contributed by atoms with Gasteiger partial charge >= 0.3 is 0 Å². The van der Waals surface area contributed by atoms with Gasteiger partial charge in [-0.25, -0.2) is 0 Å². The minimum absolute atomic E-state index is 0.0294. The van der Waals surface area contributed by atoms with E-state index in [-0.39, 0.29) is 31.4 Å². The number of likely N-dealkylation sites (tertiary alicyclic amines) is 1. The van der Waals surface area contributed by atoms with E-state index in [0.29, 0.717) is 11.5 Å². The molecule has 0 radical (unpaired) electrons. The molecule has 148 valence electrons. The molecule has 3 rings (SSSR count). The molecule has 2 aromatic carbocycles. The number of hydrogen-bond donors (Lipinski definition) is 1. The molecule has 1 aliphatic rings. The van der Waals surface area contributed by atoms with Gasteiger partial charge in [0.05, 0.1) is 19.1 Å². The highest BCUT2D eigenvalue weighted by Crippen LogP contribution is 2.36. The van der Waals surface area contributed by atoms with Gasteiger partial charge in [0.15, 0.2) is 0 Å². The lowest BCUT2D eigenvalue weighted by atomic mass is 9.81. The maximum atomic E-state index is 12.9. The van der Waals surface area contributed by atoms with Gasteiger partial charge in [-0.3, -0.25) is 14.5 Å². The van der Waals surface area contributed by atoms with Gasteiger partial charge in [-0.1, -0.05) is 28.1 Å². The molecule has 1 N–H and O–H groups in total. The SMILES string of the molecule is COc1ccc(OCC(O)CN2C(=O)CC(C)(c3ccc(Br)cc3)C2=O)cc1. The van der Waals surface area contributed by atoms with Crippen LogP contribution in [0.2, 0.25) is 0 Å². The molecule has 28 heavy (non-hydrogen) atoms. The van der Waals surface area contributed by atoms with Gasteiger partial charge in [0.1, 0.15) is 24.2 Å². The predicted octanol–water partition coefficient (Wildman–Crippen LogP) is 2.91. The maximum Gasteiger partial charge on any atom is 0.240 e. The minimum atomic E-state index is -0.984. The van der Waals surface area contributed by atoms with Crippen molar-refractivity contribution >= 4 is 27.7 Å². The third-order valence-electron chi connectivity index (χ3n) is 4.90. The molecular weight excluding hydrogens is 426 g/mol. The smallest absolute Gasteiger partial charge is 0.240 e. The summed E-state index contributed by atoms with van der Waals surface area (Å²) in [5, 5.41) is 10.3. The number of hydrogen-bond acceptors (Lipinski definition) is 5. The zero-order valence-corrected chi connectivity index (χ0v) is 17.3. The summed E-state index contributed by atoms with van der Waals surface area (Å²) in [5.41, 5.74) is -0.144. The molecule has 0 saturated carbocycles. The van der Waals surface area contributed by atoms with Crippen LogP contribution >= 0.6 is 15.9 Å². The van der Waals surface area contributed by atoms with Crippen LogP contribution in [-0.2, 0) is 15.0 Å². The van der Waals surface area contributed by atoms with E-state index in [1.807, 2.05) is 24.3 Å². The molecule has 2 unspecified atom stereocenters. The number of aliphatic hydroxyl groups excluding tert-OH is 1. The average molecular weight is 448 g/mol. The van der Waals surface area contributed by atoms with Gasteiger partial charge < -0.3 is 14.6 Å². The molecule has 7 heteroatoms. The minimum Gasteiger partial charge on any atom is -0.497 e. The van der Waals surface area contributed by atoms with Gasteiger partial charge in [-0.2, -0.15) is 0 Å². The largest absolute Gasteiger partial charge is 0.497 e. The van der Waals surface area contributed by atoms with Crippen LogP contribution in [0, 0.1) is 0 Å². The van der Waals surface area contributed by atoms with Crippen molar-refractivity contribution in [3.8, 4) is 11.5 Å². The number of β-amino-alcohol motifs (C(OH)–C–C–N with tert-alkyl or cyclic N) is 1. The van der Waals surface area contributed by atoms with Crippen LogP contribution in [0.25, 0.3) is 0 Å². The standard InChI is InChI=1S/C21H22BrNO5/c1-21(14-3-5-15(22)6-4-14)11-19(25)23(20(21)26)12-16(24)13-28-18-9-7-17(27-2)8-10-18/h3-10,16,24H,11-13H2,1-2H3. The summed E-state index contributed by atoms with van der Waals surface area (Å²) in [7, 11) is 1.58. The Bertz CT molecular complexity index is 852. The van der Waals surface area contributed by atoms with Crippen LogP contribution in [0.1, 0.15) is 18.9 Å². The number of methoxy groups -OCH3 is 1. The summed E-state index contributed by atoms with van der Waals surface area (Å²) in [5.74, 6) is 0.675. The highest BCUT2D eigenvalue weighted by Gasteiger charge is 2.49. The van der Waals surface area contributed by atoms with Gasteiger partial charge in [-0.05, 0) is 48.9 Å². The van der Waals surface area contributed by atoms with Crippen LogP contribution in [0.15, 0.2) is 53.0 Å². The van der Waals surface area contributed by atoms with E-state index in [9.17, 15) is 14.7 Å². The van der Waals surface area contributed by atoms with E-state index < -0.39 is 11.5 Å². The Balaban J connectivity index is 1.62. The summed E-state index contributed by atoms with van der Waals surface area (Å²) in [6.45, 7) is 1.63. The van der Waals surface area contributed by atoms with Crippen molar-refractivity contribution in [2.45, 2.75) is 24.9 Å². The summed E-state index contributed by atoms with van der Waals surface area (Å²) in [4.78, 5) is 26.5. The van der Waals surface area contributed by atoms with Gasteiger partial charge in [0.2, 0.25) is 11.8 Å².